The summed E-state index contributed by atoms with van der Waals surface area (Å²) >= 11 is 6.11. The van der Waals surface area contributed by atoms with Gasteiger partial charge in [-0.1, -0.05) is 53.6 Å². The summed E-state index contributed by atoms with van der Waals surface area (Å²) in [4.78, 5) is 17.2. The van der Waals surface area contributed by atoms with E-state index in [1.165, 1.54) is 5.56 Å². The highest BCUT2D eigenvalue weighted by Crippen LogP contribution is 2.18. The number of amides is 1. The van der Waals surface area contributed by atoms with Gasteiger partial charge < -0.3 is 14.6 Å². The molecule has 0 saturated carbocycles. The predicted octanol–water partition coefficient (Wildman–Crippen LogP) is 5.44. The van der Waals surface area contributed by atoms with Crippen LogP contribution in [0.2, 0.25) is 5.02 Å². The van der Waals surface area contributed by atoms with E-state index < -0.39 is 0 Å². The standard InChI is InChI=1S/C26H26ClN3O2/c1-19-12-14-20(15-13-19)32-18-17-30-24-10-5-4-9-23(24)29-25(30)11-6-16-28-26(31)21-7-2-3-8-22(21)27/h2-5,7-10,12-15H,6,11,16-18H2,1H3,(H,28,31). The maximum Gasteiger partial charge on any atom is 0.252 e. The quantitative estimate of drug-likeness (QED) is 0.347. The first-order valence-electron chi connectivity index (χ1n) is 10.8. The van der Waals surface area contributed by atoms with Crippen molar-refractivity contribution in [3.63, 3.8) is 0 Å². The van der Waals surface area contributed by atoms with Gasteiger partial charge in [0.05, 0.1) is 28.2 Å². The third-order valence-corrected chi connectivity index (χ3v) is 5.65. The summed E-state index contributed by atoms with van der Waals surface area (Å²) in [5.74, 6) is 1.70. The second-order valence-electron chi connectivity index (χ2n) is 7.67. The van der Waals surface area contributed by atoms with Gasteiger partial charge in [-0.3, -0.25) is 4.79 Å². The number of para-hydroxylation sites is 2. The number of nitrogens with one attached hydrogen (secondary N) is 1. The van der Waals surface area contributed by atoms with Crippen LogP contribution in [0, 0.1) is 6.92 Å². The highest BCUT2D eigenvalue weighted by atomic mass is 35.5. The number of hydrogen-bond donors (Lipinski definition) is 1. The molecule has 0 aliphatic rings. The van der Waals surface area contributed by atoms with Gasteiger partial charge in [0, 0.05) is 13.0 Å². The van der Waals surface area contributed by atoms with Crippen molar-refractivity contribution >= 4 is 28.5 Å². The van der Waals surface area contributed by atoms with E-state index >= 15 is 0 Å². The third-order valence-electron chi connectivity index (χ3n) is 5.32. The minimum absolute atomic E-state index is 0.157. The molecule has 5 nitrogen and oxygen atoms in total. The molecule has 4 rings (SSSR count). The molecule has 3 aromatic carbocycles. The van der Waals surface area contributed by atoms with Crippen molar-refractivity contribution in [2.24, 2.45) is 0 Å². The Morgan fingerprint density at radius 2 is 1.78 bits per heavy atom. The predicted molar refractivity (Wildman–Crippen MR) is 129 cm³/mol. The lowest BCUT2D eigenvalue weighted by atomic mass is 10.2. The molecule has 0 fully saturated rings. The Hall–Kier alpha value is -3.31. The largest absolute Gasteiger partial charge is 0.492 e. The fourth-order valence-electron chi connectivity index (χ4n) is 3.64. The number of fused-ring (bicyclic) bond motifs is 1. The molecule has 0 radical (unpaired) electrons. The number of rotatable bonds is 9. The highest BCUT2D eigenvalue weighted by molar-refractivity contribution is 6.33. The van der Waals surface area contributed by atoms with E-state index in [-0.39, 0.29) is 5.91 Å². The molecule has 4 aromatic rings. The Morgan fingerprint density at radius 3 is 2.59 bits per heavy atom. The van der Waals surface area contributed by atoms with E-state index in [2.05, 4.69) is 22.9 Å². The molecule has 164 valence electrons. The van der Waals surface area contributed by atoms with Gasteiger partial charge in [-0.05, 0) is 49.7 Å². The number of ether oxygens (including phenoxy) is 1. The van der Waals surface area contributed by atoms with Crippen LogP contribution in [0.3, 0.4) is 0 Å². The zero-order valence-electron chi connectivity index (χ0n) is 18.1. The van der Waals surface area contributed by atoms with E-state index in [0.29, 0.717) is 30.3 Å². The average Bonchev–Trinajstić information content (AvgIpc) is 3.15. The molecule has 6 heteroatoms. The van der Waals surface area contributed by atoms with Crippen LogP contribution in [0.25, 0.3) is 11.0 Å². The monoisotopic (exact) mass is 447 g/mol. The fraction of sp³-hybridized carbons (Fsp3) is 0.231. The Balaban J connectivity index is 1.37. The third kappa shape index (κ3) is 5.29. The number of benzene rings is 3. The fourth-order valence-corrected chi connectivity index (χ4v) is 3.87. The maximum atomic E-state index is 12.3. The summed E-state index contributed by atoms with van der Waals surface area (Å²) in [5.41, 5.74) is 3.77. The molecular formula is C26H26ClN3O2. The molecule has 0 aliphatic carbocycles. The van der Waals surface area contributed by atoms with Crippen molar-refractivity contribution < 1.29 is 9.53 Å². The average molecular weight is 448 g/mol. The molecule has 0 unspecified atom stereocenters. The number of carbonyl (C=O) groups excluding carboxylic acids is 1. The van der Waals surface area contributed by atoms with Crippen LogP contribution in [0.15, 0.2) is 72.8 Å². The molecule has 1 heterocycles. The summed E-state index contributed by atoms with van der Waals surface area (Å²) in [6, 6.07) is 23.3. The molecule has 0 saturated heterocycles. The van der Waals surface area contributed by atoms with Crippen LogP contribution in [0.4, 0.5) is 0 Å². The van der Waals surface area contributed by atoms with Crippen molar-refractivity contribution in [1.29, 1.82) is 0 Å². The Labute approximate surface area is 193 Å². The number of imidazole rings is 1. The van der Waals surface area contributed by atoms with Gasteiger partial charge >= 0.3 is 0 Å². The lowest BCUT2D eigenvalue weighted by Crippen LogP contribution is -2.25. The van der Waals surface area contributed by atoms with Gasteiger partial charge in [0.2, 0.25) is 0 Å². The van der Waals surface area contributed by atoms with Gasteiger partial charge in [0.25, 0.3) is 5.91 Å². The molecule has 0 spiro atoms. The van der Waals surface area contributed by atoms with Gasteiger partial charge in [-0.15, -0.1) is 0 Å². The van der Waals surface area contributed by atoms with Crippen molar-refractivity contribution in [2.45, 2.75) is 26.3 Å². The number of nitrogens with zero attached hydrogens (tertiary/aromatic N) is 2. The summed E-state index contributed by atoms with van der Waals surface area (Å²) < 4.78 is 8.15. The van der Waals surface area contributed by atoms with E-state index in [4.69, 9.17) is 21.3 Å². The minimum atomic E-state index is -0.157. The number of carbonyl (C=O) groups is 1. The second-order valence-corrected chi connectivity index (χ2v) is 8.08. The first-order chi connectivity index (χ1) is 15.6. The van der Waals surface area contributed by atoms with Crippen LogP contribution in [0.5, 0.6) is 5.75 Å². The Morgan fingerprint density at radius 1 is 1.03 bits per heavy atom. The lowest BCUT2D eigenvalue weighted by molar-refractivity contribution is 0.0953. The summed E-state index contributed by atoms with van der Waals surface area (Å²) in [6.45, 7) is 3.87. The molecule has 0 atom stereocenters. The highest BCUT2D eigenvalue weighted by Gasteiger charge is 2.12. The van der Waals surface area contributed by atoms with Crippen molar-refractivity contribution in [3.05, 3.63) is 94.8 Å². The number of halogens is 1. The summed E-state index contributed by atoms with van der Waals surface area (Å²) in [6.07, 6.45) is 1.53. The van der Waals surface area contributed by atoms with Crippen LogP contribution < -0.4 is 10.1 Å². The summed E-state index contributed by atoms with van der Waals surface area (Å²) in [5, 5.41) is 3.41. The van der Waals surface area contributed by atoms with Gasteiger partial charge in [-0.2, -0.15) is 0 Å². The van der Waals surface area contributed by atoms with E-state index in [9.17, 15) is 4.79 Å². The smallest absolute Gasteiger partial charge is 0.252 e. The molecule has 32 heavy (non-hydrogen) atoms. The minimum Gasteiger partial charge on any atom is -0.492 e. The number of aryl methyl sites for hydroxylation is 2. The maximum absolute atomic E-state index is 12.3. The van der Waals surface area contributed by atoms with E-state index in [1.807, 2.05) is 54.6 Å². The van der Waals surface area contributed by atoms with Crippen LogP contribution in [0.1, 0.15) is 28.2 Å². The SMILES string of the molecule is Cc1ccc(OCCn2c(CCCNC(=O)c3ccccc3Cl)nc3ccccc32)cc1. The first kappa shape index (κ1) is 21.9. The molecule has 1 aromatic heterocycles. The molecule has 0 bridgehead atoms. The van der Waals surface area contributed by atoms with E-state index in [0.717, 1.165) is 35.4 Å². The molecular weight excluding hydrogens is 422 g/mol. The lowest BCUT2D eigenvalue weighted by Gasteiger charge is -2.11. The molecule has 1 amide bonds. The zero-order chi connectivity index (χ0) is 22.3. The normalized spacial score (nSPS) is 10.9. The van der Waals surface area contributed by atoms with Gasteiger partial charge in [-0.25, -0.2) is 4.98 Å². The van der Waals surface area contributed by atoms with Crippen LogP contribution in [-0.2, 0) is 13.0 Å². The summed E-state index contributed by atoms with van der Waals surface area (Å²) in [7, 11) is 0. The van der Waals surface area contributed by atoms with Crippen molar-refractivity contribution in [1.82, 2.24) is 14.9 Å². The Kier molecular flexibility index (Phi) is 7.07. The number of hydrogen-bond acceptors (Lipinski definition) is 3. The molecule has 0 aliphatic heterocycles. The van der Waals surface area contributed by atoms with E-state index in [1.54, 1.807) is 12.1 Å². The Bertz CT molecular complexity index is 1200. The van der Waals surface area contributed by atoms with Crippen molar-refractivity contribution in [2.75, 3.05) is 13.2 Å². The molecule has 1 N–H and O–H groups in total. The van der Waals surface area contributed by atoms with Crippen LogP contribution in [-0.4, -0.2) is 28.6 Å². The topological polar surface area (TPSA) is 56.1 Å². The number of aromatic nitrogens is 2. The van der Waals surface area contributed by atoms with Crippen LogP contribution >= 0.6 is 11.6 Å². The second kappa shape index (κ2) is 10.3. The zero-order valence-corrected chi connectivity index (χ0v) is 18.8. The van der Waals surface area contributed by atoms with Crippen molar-refractivity contribution in [3.8, 4) is 5.75 Å². The van der Waals surface area contributed by atoms with Gasteiger partial charge in [0.1, 0.15) is 18.2 Å². The van der Waals surface area contributed by atoms with Gasteiger partial charge in [0.15, 0.2) is 0 Å². The first-order valence-corrected chi connectivity index (χ1v) is 11.2.